The first-order valence-corrected chi connectivity index (χ1v) is 12.0. The molecule has 2 fully saturated rings. The maximum absolute atomic E-state index is 15.3. The molecule has 3 N–H and O–H groups in total. The molecule has 0 radical (unpaired) electrons. The van der Waals surface area contributed by atoms with Crippen LogP contribution in [0.4, 0.5) is 10.2 Å². The number of anilines is 1. The highest BCUT2D eigenvalue weighted by Gasteiger charge is 2.52. The van der Waals surface area contributed by atoms with Crippen molar-refractivity contribution in [1.82, 2.24) is 15.0 Å². The Bertz CT molecular complexity index is 1380. The highest BCUT2D eigenvalue weighted by atomic mass is 19.1. The molecule has 0 unspecified atom stereocenters. The van der Waals surface area contributed by atoms with Crippen LogP contribution >= 0.6 is 0 Å². The lowest BCUT2D eigenvalue weighted by Gasteiger charge is -2.15. The summed E-state index contributed by atoms with van der Waals surface area (Å²) in [6.45, 7) is 0. The number of amidine groups is 1. The van der Waals surface area contributed by atoms with Crippen LogP contribution in [0.5, 0.6) is 5.88 Å². The van der Waals surface area contributed by atoms with Gasteiger partial charge in [0.15, 0.2) is 5.82 Å². The molecule has 1 aromatic carbocycles. The predicted octanol–water partition coefficient (Wildman–Crippen LogP) is 3.86. The van der Waals surface area contributed by atoms with Crippen molar-refractivity contribution >= 4 is 23.2 Å². The number of halogens is 1. The monoisotopic (exact) mass is 502 g/mol. The Hall–Kier alpha value is -4.34. The number of pyridine rings is 1. The van der Waals surface area contributed by atoms with Crippen molar-refractivity contribution in [2.75, 3.05) is 19.5 Å². The van der Waals surface area contributed by atoms with Gasteiger partial charge in [0.25, 0.3) is 0 Å². The number of nitrogens with zero attached hydrogens (tertiary/aromatic N) is 4. The quantitative estimate of drug-likeness (QED) is 0.270. The lowest BCUT2D eigenvalue weighted by molar-refractivity contribution is -0.143. The number of nitrogens with one attached hydrogen (secondary N) is 1. The van der Waals surface area contributed by atoms with Crippen LogP contribution in [0.2, 0.25) is 0 Å². The van der Waals surface area contributed by atoms with Crippen molar-refractivity contribution in [3.8, 4) is 17.0 Å². The summed E-state index contributed by atoms with van der Waals surface area (Å²) in [5.74, 6) is 0.275. The van der Waals surface area contributed by atoms with E-state index in [1.54, 1.807) is 19.4 Å². The van der Waals surface area contributed by atoms with Gasteiger partial charge in [-0.3, -0.25) is 19.8 Å². The Morgan fingerprint density at radius 2 is 1.95 bits per heavy atom. The molecule has 2 aliphatic carbocycles. The molecule has 0 bridgehead atoms. The maximum Gasteiger partial charge on any atom is 0.316 e. The SMILES string of the molecule is CN=C(Nc1cncc(OC2CC2)n1)C(=CN)c1ncc(-c2ccc(C3(C(=O)OC)CC3)cc2)cc1F. The Morgan fingerprint density at radius 1 is 1.19 bits per heavy atom. The normalized spacial score (nSPS) is 16.7. The van der Waals surface area contributed by atoms with Gasteiger partial charge in [0.1, 0.15) is 23.5 Å². The largest absolute Gasteiger partial charge is 0.473 e. The Morgan fingerprint density at radius 3 is 2.54 bits per heavy atom. The van der Waals surface area contributed by atoms with E-state index in [0.29, 0.717) is 17.3 Å². The first-order chi connectivity index (χ1) is 18.0. The maximum atomic E-state index is 15.3. The summed E-state index contributed by atoms with van der Waals surface area (Å²) in [5, 5.41) is 3.03. The van der Waals surface area contributed by atoms with Gasteiger partial charge < -0.3 is 20.5 Å². The van der Waals surface area contributed by atoms with Gasteiger partial charge in [0.2, 0.25) is 5.88 Å². The van der Waals surface area contributed by atoms with Gasteiger partial charge in [-0.25, -0.2) is 4.39 Å². The number of aliphatic imine (C=N–C) groups is 1. The molecule has 2 heterocycles. The number of methoxy groups -OCH3 is 1. The summed E-state index contributed by atoms with van der Waals surface area (Å²) in [6.07, 6.45) is 9.57. The van der Waals surface area contributed by atoms with Crippen LogP contribution in [0, 0.1) is 5.82 Å². The minimum absolute atomic E-state index is 0.0388. The van der Waals surface area contributed by atoms with E-state index < -0.39 is 11.2 Å². The van der Waals surface area contributed by atoms with Crippen molar-refractivity contribution in [3.63, 3.8) is 0 Å². The fraction of sp³-hybridized carbons (Fsp3) is 0.296. The fourth-order valence-electron chi connectivity index (χ4n) is 4.16. The van der Waals surface area contributed by atoms with Crippen molar-refractivity contribution in [2.45, 2.75) is 37.2 Å². The van der Waals surface area contributed by atoms with E-state index in [1.165, 1.54) is 25.6 Å². The van der Waals surface area contributed by atoms with Crippen LogP contribution in [0.3, 0.4) is 0 Å². The topological polar surface area (TPSA) is 125 Å². The molecule has 0 atom stereocenters. The molecule has 5 rings (SSSR count). The third-order valence-corrected chi connectivity index (χ3v) is 6.51. The summed E-state index contributed by atoms with van der Waals surface area (Å²) < 4.78 is 25.9. The van der Waals surface area contributed by atoms with Gasteiger partial charge in [-0.05, 0) is 42.9 Å². The Labute approximate surface area is 213 Å². The third kappa shape index (κ3) is 5.00. The number of benzene rings is 1. The van der Waals surface area contributed by atoms with Crippen LogP contribution in [0.15, 0.2) is 60.1 Å². The van der Waals surface area contributed by atoms with Crippen LogP contribution < -0.4 is 15.8 Å². The van der Waals surface area contributed by atoms with E-state index in [4.69, 9.17) is 15.2 Å². The minimum atomic E-state index is -0.564. The molecule has 0 aliphatic heterocycles. The average molecular weight is 503 g/mol. The highest BCUT2D eigenvalue weighted by molar-refractivity contribution is 6.27. The minimum Gasteiger partial charge on any atom is -0.473 e. The van der Waals surface area contributed by atoms with Crippen molar-refractivity contribution in [2.24, 2.45) is 10.7 Å². The summed E-state index contributed by atoms with van der Waals surface area (Å²) in [5.41, 5.74) is 7.87. The van der Waals surface area contributed by atoms with Gasteiger partial charge >= 0.3 is 5.97 Å². The molecule has 0 amide bonds. The van der Waals surface area contributed by atoms with E-state index in [1.807, 2.05) is 24.3 Å². The molecule has 37 heavy (non-hydrogen) atoms. The smallest absolute Gasteiger partial charge is 0.316 e. The van der Waals surface area contributed by atoms with Crippen molar-refractivity contribution < 1.29 is 18.7 Å². The summed E-state index contributed by atoms with van der Waals surface area (Å²) in [7, 11) is 2.95. The zero-order valence-corrected chi connectivity index (χ0v) is 20.6. The number of esters is 1. The molecule has 3 aromatic rings. The first-order valence-electron chi connectivity index (χ1n) is 12.0. The van der Waals surface area contributed by atoms with Gasteiger partial charge in [0.05, 0.1) is 30.5 Å². The number of hydrogen-bond donors (Lipinski definition) is 2. The van der Waals surface area contributed by atoms with E-state index in [2.05, 4.69) is 25.3 Å². The molecule has 2 aromatic heterocycles. The molecular weight excluding hydrogens is 475 g/mol. The highest BCUT2D eigenvalue weighted by Crippen LogP contribution is 2.49. The molecule has 190 valence electrons. The fourth-order valence-corrected chi connectivity index (χ4v) is 4.16. The van der Waals surface area contributed by atoms with Crippen LogP contribution in [0.25, 0.3) is 16.7 Å². The lowest BCUT2D eigenvalue weighted by atomic mass is 9.94. The molecule has 2 aliphatic rings. The van der Waals surface area contributed by atoms with Gasteiger partial charge in [-0.15, -0.1) is 0 Å². The van der Waals surface area contributed by atoms with Crippen LogP contribution in [0.1, 0.15) is 36.9 Å². The van der Waals surface area contributed by atoms with Crippen molar-refractivity contribution in [3.05, 3.63) is 72.2 Å². The molecule has 0 saturated heterocycles. The number of carbonyl (C=O) groups excluding carboxylic acids is 1. The zero-order chi connectivity index (χ0) is 26.0. The zero-order valence-electron chi connectivity index (χ0n) is 20.6. The van der Waals surface area contributed by atoms with E-state index >= 15 is 4.39 Å². The number of aromatic nitrogens is 3. The Kier molecular flexibility index (Phi) is 6.56. The van der Waals surface area contributed by atoms with E-state index in [0.717, 1.165) is 36.8 Å². The molecule has 0 spiro atoms. The average Bonchev–Trinajstić information content (AvgIpc) is 3.85. The summed E-state index contributed by atoms with van der Waals surface area (Å²) >= 11 is 0. The second kappa shape index (κ2) is 9.96. The van der Waals surface area contributed by atoms with Gasteiger partial charge in [-0.1, -0.05) is 24.3 Å². The second-order valence-electron chi connectivity index (χ2n) is 9.04. The number of ether oxygens (including phenoxy) is 2. The lowest BCUT2D eigenvalue weighted by Crippen LogP contribution is -2.21. The second-order valence-corrected chi connectivity index (χ2v) is 9.04. The van der Waals surface area contributed by atoms with Gasteiger partial charge in [0, 0.05) is 25.0 Å². The molecular formula is C27H27FN6O3. The van der Waals surface area contributed by atoms with Crippen LogP contribution in [-0.2, 0) is 14.9 Å². The van der Waals surface area contributed by atoms with E-state index in [9.17, 15) is 4.79 Å². The molecule has 10 heteroatoms. The van der Waals surface area contributed by atoms with Crippen LogP contribution in [-0.4, -0.2) is 47.0 Å². The van der Waals surface area contributed by atoms with Crippen molar-refractivity contribution in [1.29, 1.82) is 0 Å². The number of hydrogen-bond acceptors (Lipinski definition) is 8. The molecule has 9 nitrogen and oxygen atoms in total. The Balaban J connectivity index is 1.35. The number of rotatable bonds is 8. The predicted molar refractivity (Wildman–Crippen MR) is 137 cm³/mol. The van der Waals surface area contributed by atoms with Gasteiger partial charge in [-0.2, -0.15) is 4.98 Å². The first kappa shape index (κ1) is 24.4. The number of nitrogens with two attached hydrogens (primary N) is 1. The van der Waals surface area contributed by atoms with E-state index in [-0.39, 0.29) is 29.2 Å². The molecule has 2 saturated carbocycles. The standard InChI is InChI=1S/C27H27FN6O3/c1-30-25(34-22-14-31-15-23(33-22)37-19-7-8-19)20(12-29)24-21(28)11-17(13-32-24)16-3-5-18(6-4-16)27(9-10-27)26(35)36-2/h3-6,11-15,19H,7-10,29H2,1-2H3,(H,30,33,34). The third-order valence-electron chi connectivity index (χ3n) is 6.51. The number of carbonyl (C=O) groups is 1. The summed E-state index contributed by atoms with van der Waals surface area (Å²) in [4.78, 5) is 29.3. The summed E-state index contributed by atoms with van der Waals surface area (Å²) in [6, 6.07) is 8.85.